The lowest BCUT2D eigenvalue weighted by atomic mass is 10.1. The number of pyridine rings is 1. The van der Waals surface area contributed by atoms with Crippen LogP contribution >= 0.6 is 0 Å². The van der Waals surface area contributed by atoms with Crippen LogP contribution in [0.25, 0.3) is 0 Å². The molecule has 1 aliphatic heterocycles. The highest BCUT2D eigenvalue weighted by Gasteiger charge is 2.21. The fourth-order valence-electron chi connectivity index (χ4n) is 2.54. The summed E-state index contributed by atoms with van der Waals surface area (Å²) in [6, 6.07) is 5.93. The largest absolute Gasteiger partial charge is 0.378 e. The highest BCUT2D eigenvalue weighted by Crippen LogP contribution is 2.14. The van der Waals surface area contributed by atoms with Gasteiger partial charge in [-0.25, -0.2) is 4.99 Å². The van der Waals surface area contributed by atoms with Gasteiger partial charge in [0.25, 0.3) is 0 Å². The molecule has 1 saturated heterocycles. The zero-order chi connectivity index (χ0) is 14.9. The molecule has 1 aromatic heterocycles. The summed E-state index contributed by atoms with van der Waals surface area (Å²) >= 11 is 0. The molecule has 0 amide bonds. The molecule has 0 saturated carbocycles. The van der Waals surface area contributed by atoms with E-state index in [9.17, 15) is 0 Å². The maximum Gasteiger partial charge on any atom is 0.194 e. The van der Waals surface area contributed by atoms with Gasteiger partial charge in [0, 0.05) is 32.4 Å². The van der Waals surface area contributed by atoms with Crippen molar-refractivity contribution in [2.24, 2.45) is 4.99 Å². The lowest BCUT2D eigenvalue weighted by Crippen LogP contribution is -2.47. The number of nitrogens with one attached hydrogen (secondary N) is 1. The van der Waals surface area contributed by atoms with Gasteiger partial charge in [-0.3, -0.25) is 4.98 Å². The lowest BCUT2D eigenvalue weighted by Gasteiger charge is -2.34. The van der Waals surface area contributed by atoms with E-state index in [0.717, 1.165) is 50.7 Å². The van der Waals surface area contributed by atoms with Crippen molar-refractivity contribution < 1.29 is 4.74 Å². The number of piperidine rings is 1. The van der Waals surface area contributed by atoms with Crippen LogP contribution in [0.3, 0.4) is 0 Å². The number of hydrogen-bond donors (Lipinski definition) is 1. The molecule has 0 atom stereocenters. The van der Waals surface area contributed by atoms with E-state index in [1.807, 2.05) is 24.4 Å². The number of likely N-dealkylation sites (tertiary alicyclic amines) is 1. The minimum atomic E-state index is 0.407. The minimum Gasteiger partial charge on any atom is -0.378 e. The summed E-state index contributed by atoms with van der Waals surface area (Å²) in [6.45, 7) is 8.46. The highest BCUT2D eigenvalue weighted by molar-refractivity contribution is 5.80. The molecule has 5 heteroatoms. The van der Waals surface area contributed by atoms with Crippen molar-refractivity contribution in [2.45, 2.75) is 39.3 Å². The first-order valence-corrected chi connectivity index (χ1v) is 7.88. The molecule has 1 aliphatic rings. The van der Waals surface area contributed by atoms with Gasteiger partial charge in [-0.2, -0.15) is 0 Å². The number of ether oxygens (including phenoxy) is 1. The van der Waals surface area contributed by atoms with Crippen molar-refractivity contribution in [3.8, 4) is 0 Å². The van der Waals surface area contributed by atoms with Crippen molar-refractivity contribution in [3.05, 3.63) is 30.1 Å². The summed E-state index contributed by atoms with van der Waals surface area (Å²) in [5.74, 6) is 0.984. The fourth-order valence-corrected chi connectivity index (χ4v) is 2.54. The normalized spacial score (nSPS) is 17.0. The van der Waals surface area contributed by atoms with Gasteiger partial charge in [-0.15, -0.1) is 0 Å². The second-order valence-electron chi connectivity index (χ2n) is 5.13. The first-order chi connectivity index (χ1) is 10.3. The van der Waals surface area contributed by atoms with Gasteiger partial charge in [0.05, 0.1) is 18.3 Å². The van der Waals surface area contributed by atoms with Gasteiger partial charge in [0.1, 0.15) is 0 Å². The topological polar surface area (TPSA) is 49.8 Å². The second-order valence-corrected chi connectivity index (χ2v) is 5.13. The third-order valence-electron chi connectivity index (χ3n) is 3.60. The summed E-state index contributed by atoms with van der Waals surface area (Å²) in [4.78, 5) is 11.3. The first-order valence-electron chi connectivity index (χ1n) is 7.88. The molecule has 0 aromatic carbocycles. The molecule has 0 spiro atoms. The van der Waals surface area contributed by atoms with E-state index in [0.29, 0.717) is 12.6 Å². The van der Waals surface area contributed by atoms with Gasteiger partial charge in [0.15, 0.2) is 5.96 Å². The van der Waals surface area contributed by atoms with Crippen LogP contribution in [0.1, 0.15) is 32.4 Å². The highest BCUT2D eigenvalue weighted by atomic mass is 16.5. The summed E-state index contributed by atoms with van der Waals surface area (Å²) in [5.41, 5.74) is 0.997. The lowest BCUT2D eigenvalue weighted by molar-refractivity contribution is 0.0263. The maximum absolute atomic E-state index is 5.70. The van der Waals surface area contributed by atoms with Crippen molar-refractivity contribution in [1.82, 2.24) is 15.2 Å². The third-order valence-corrected chi connectivity index (χ3v) is 3.60. The summed E-state index contributed by atoms with van der Waals surface area (Å²) in [5, 5.41) is 3.38. The summed E-state index contributed by atoms with van der Waals surface area (Å²) < 4.78 is 5.70. The zero-order valence-electron chi connectivity index (χ0n) is 13.1. The fraction of sp³-hybridized carbons (Fsp3) is 0.625. The van der Waals surface area contributed by atoms with E-state index in [1.165, 1.54) is 0 Å². The van der Waals surface area contributed by atoms with E-state index in [2.05, 4.69) is 29.0 Å². The average molecular weight is 290 g/mol. The van der Waals surface area contributed by atoms with Crippen LogP contribution < -0.4 is 5.32 Å². The van der Waals surface area contributed by atoms with Crippen molar-refractivity contribution in [1.29, 1.82) is 0 Å². The maximum atomic E-state index is 5.70. The Kier molecular flexibility index (Phi) is 6.47. The standard InChI is InChI=1S/C16H26N4O/c1-3-17-16(19-13-14-7-5-6-10-18-14)20-11-8-15(9-12-20)21-4-2/h5-7,10,15H,3-4,8-9,11-13H2,1-2H3,(H,17,19). The van der Waals surface area contributed by atoms with Crippen molar-refractivity contribution in [3.63, 3.8) is 0 Å². The summed E-state index contributed by atoms with van der Waals surface area (Å²) in [6.07, 6.45) is 4.36. The van der Waals surface area contributed by atoms with E-state index in [4.69, 9.17) is 9.73 Å². The van der Waals surface area contributed by atoms with Crippen LogP contribution in [-0.4, -0.2) is 48.2 Å². The molecule has 21 heavy (non-hydrogen) atoms. The van der Waals surface area contributed by atoms with E-state index in [1.54, 1.807) is 0 Å². The molecular formula is C16H26N4O. The number of aromatic nitrogens is 1. The molecule has 116 valence electrons. The van der Waals surface area contributed by atoms with Crippen molar-refractivity contribution >= 4 is 5.96 Å². The Morgan fingerprint density at radius 3 is 2.81 bits per heavy atom. The van der Waals surface area contributed by atoms with Gasteiger partial charge in [0.2, 0.25) is 0 Å². The molecule has 1 N–H and O–H groups in total. The number of hydrogen-bond acceptors (Lipinski definition) is 3. The molecule has 2 heterocycles. The molecule has 2 rings (SSSR count). The monoisotopic (exact) mass is 290 g/mol. The van der Waals surface area contributed by atoms with Gasteiger partial charge in [-0.05, 0) is 38.8 Å². The number of rotatable bonds is 5. The van der Waals surface area contributed by atoms with Crippen LogP contribution in [-0.2, 0) is 11.3 Å². The Labute approximate surface area is 127 Å². The SMILES string of the molecule is CCNC(=NCc1ccccn1)N1CCC(OCC)CC1. The Bertz CT molecular complexity index is 427. The van der Waals surface area contributed by atoms with E-state index < -0.39 is 0 Å². The first kappa shape index (κ1) is 15.8. The Morgan fingerprint density at radius 2 is 2.19 bits per heavy atom. The Morgan fingerprint density at radius 1 is 1.38 bits per heavy atom. The van der Waals surface area contributed by atoms with Gasteiger partial charge >= 0.3 is 0 Å². The average Bonchev–Trinajstić information content (AvgIpc) is 2.54. The number of aliphatic imine (C=N–C) groups is 1. The molecule has 1 aromatic rings. The predicted molar refractivity (Wildman–Crippen MR) is 85.3 cm³/mol. The second kappa shape index (κ2) is 8.62. The van der Waals surface area contributed by atoms with E-state index >= 15 is 0 Å². The van der Waals surface area contributed by atoms with Crippen LogP contribution in [0.5, 0.6) is 0 Å². The molecule has 1 fully saturated rings. The quantitative estimate of drug-likeness (QED) is 0.666. The van der Waals surface area contributed by atoms with E-state index in [-0.39, 0.29) is 0 Å². The van der Waals surface area contributed by atoms with Crippen LogP contribution in [0.2, 0.25) is 0 Å². The minimum absolute atomic E-state index is 0.407. The van der Waals surface area contributed by atoms with Crippen molar-refractivity contribution in [2.75, 3.05) is 26.2 Å². The van der Waals surface area contributed by atoms with Crippen LogP contribution in [0.15, 0.2) is 29.4 Å². The Balaban J connectivity index is 1.92. The van der Waals surface area contributed by atoms with Crippen LogP contribution in [0, 0.1) is 0 Å². The molecule has 0 radical (unpaired) electrons. The molecule has 5 nitrogen and oxygen atoms in total. The van der Waals surface area contributed by atoms with Crippen LogP contribution in [0.4, 0.5) is 0 Å². The van der Waals surface area contributed by atoms with Gasteiger partial charge in [-0.1, -0.05) is 6.07 Å². The number of nitrogens with zero attached hydrogens (tertiary/aromatic N) is 3. The molecule has 0 aliphatic carbocycles. The smallest absolute Gasteiger partial charge is 0.194 e. The van der Waals surface area contributed by atoms with Gasteiger partial charge < -0.3 is 15.0 Å². The summed E-state index contributed by atoms with van der Waals surface area (Å²) in [7, 11) is 0. The Hall–Kier alpha value is -1.62. The predicted octanol–water partition coefficient (Wildman–Crippen LogP) is 2.05. The molecule has 0 bridgehead atoms. The number of guanidine groups is 1. The molecular weight excluding hydrogens is 264 g/mol. The zero-order valence-corrected chi connectivity index (χ0v) is 13.1. The third kappa shape index (κ3) is 5.01. The molecule has 0 unspecified atom stereocenters.